The number of nitro benzene ring substituents is 1. The summed E-state index contributed by atoms with van der Waals surface area (Å²) in [5.41, 5.74) is 0.940. The summed E-state index contributed by atoms with van der Waals surface area (Å²) in [6, 6.07) is 10.4. The van der Waals surface area contributed by atoms with Gasteiger partial charge in [-0.25, -0.2) is 9.79 Å². The van der Waals surface area contributed by atoms with E-state index in [4.69, 9.17) is 14.2 Å². The van der Waals surface area contributed by atoms with Gasteiger partial charge in [-0.15, -0.1) is 0 Å². The van der Waals surface area contributed by atoms with Gasteiger partial charge < -0.3 is 14.2 Å². The number of carbonyl (C=O) groups is 1. The molecule has 0 fully saturated rings. The van der Waals surface area contributed by atoms with Crippen molar-refractivity contribution in [2.24, 2.45) is 4.99 Å². The highest BCUT2D eigenvalue weighted by atomic mass is 32.1. The van der Waals surface area contributed by atoms with Gasteiger partial charge in [0.05, 0.1) is 53.2 Å². The van der Waals surface area contributed by atoms with Crippen molar-refractivity contribution in [3.63, 3.8) is 0 Å². The van der Waals surface area contributed by atoms with Gasteiger partial charge in [0.1, 0.15) is 0 Å². The molecule has 1 aromatic heterocycles. The van der Waals surface area contributed by atoms with Crippen molar-refractivity contribution < 1.29 is 23.9 Å². The topological polar surface area (TPSA) is 122 Å². The Balaban J connectivity index is 1.99. The first kappa shape index (κ1) is 24.9. The summed E-state index contributed by atoms with van der Waals surface area (Å²) in [5, 5.41) is 11.5. The third kappa shape index (κ3) is 4.40. The van der Waals surface area contributed by atoms with Crippen molar-refractivity contribution in [1.82, 2.24) is 4.57 Å². The van der Waals surface area contributed by atoms with Crippen molar-refractivity contribution in [3.05, 3.63) is 94.7 Å². The molecule has 0 saturated carbocycles. The number of allylic oxidation sites excluding steroid dienone is 1. The van der Waals surface area contributed by atoms with Crippen molar-refractivity contribution in [2.45, 2.75) is 19.9 Å². The molecule has 10 nitrogen and oxygen atoms in total. The van der Waals surface area contributed by atoms with Gasteiger partial charge in [0.2, 0.25) is 0 Å². The van der Waals surface area contributed by atoms with E-state index in [0.29, 0.717) is 27.6 Å². The fraction of sp³-hybridized carbons (Fsp3) is 0.240. The molecule has 1 aliphatic heterocycles. The van der Waals surface area contributed by atoms with Crippen molar-refractivity contribution >= 4 is 29.1 Å². The van der Waals surface area contributed by atoms with Gasteiger partial charge in [0, 0.05) is 6.07 Å². The lowest BCUT2D eigenvalue weighted by Gasteiger charge is -2.25. The Labute approximate surface area is 209 Å². The van der Waals surface area contributed by atoms with Crippen LogP contribution in [0.4, 0.5) is 5.69 Å². The average molecular weight is 510 g/mol. The minimum atomic E-state index is -0.854. The van der Waals surface area contributed by atoms with Gasteiger partial charge in [-0.05, 0) is 43.7 Å². The number of esters is 1. The second-order valence-electron chi connectivity index (χ2n) is 7.73. The number of ether oxygens (including phenoxy) is 3. The number of hydrogen-bond donors (Lipinski definition) is 0. The van der Waals surface area contributed by atoms with Crippen LogP contribution < -0.4 is 24.4 Å². The van der Waals surface area contributed by atoms with Crippen molar-refractivity contribution in [3.8, 4) is 11.5 Å². The van der Waals surface area contributed by atoms with E-state index in [1.54, 1.807) is 50.2 Å². The molecule has 0 unspecified atom stereocenters. The highest BCUT2D eigenvalue weighted by molar-refractivity contribution is 7.07. The van der Waals surface area contributed by atoms with Crippen LogP contribution in [0.1, 0.15) is 31.0 Å². The highest BCUT2D eigenvalue weighted by Crippen LogP contribution is 2.36. The largest absolute Gasteiger partial charge is 0.493 e. The van der Waals surface area contributed by atoms with E-state index < -0.39 is 22.5 Å². The minimum Gasteiger partial charge on any atom is -0.493 e. The van der Waals surface area contributed by atoms with Crippen LogP contribution in [0.2, 0.25) is 0 Å². The maximum absolute atomic E-state index is 13.7. The number of rotatable bonds is 7. The fourth-order valence-electron chi connectivity index (χ4n) is 4.05. The number of thiazole rings is 1. The third-order valence-corrected chi connectivity index (χ3v) is 6.64. The molecule has 3 aromatic rings. The molecule has 36 heavy (non-hydrogen) atoms. The lowest BCUT2D eigenvalue weighted by Crippen LogP contribution is -2.40. The predicted octanol–water partition coefficient (Wildman–Crippen LogP) is 2.72. The number of para-hydroxylation sites is 1. The van der Waals surface area contributed by atoms with Crippen LogP contribution >= 0.6 is 11.3 Å². The zero-order valence-corrected chi connectivity index (χ0v) is 20.8. The summed E-state index contributed by atoms with van der Waals surface area (Å²) in [6.07, 6.45) is 1.47. The van der Waals surface area contributed by atoms with E-state index in [9.17, 15) is 19.7 Å². The van der Waals surface area contributed by atoms with Crippen LogP contribution in [-0.2, 0) is 9.53 Å². The number of benzene rings is 2. The Morgan fingerprint density at radius 2 is 1.92 bits per heavy atom. The average Bonchev–Trinajstić information content (AvgIpc) is 3.17. The van der Waals surface area contributed by atoms with Gasteiger partial charge in [-0.1, -0.05) is 29.5 Å². The standard InChI is InChI=1S/C25H23N3O7S/c1-5-35-24(30)21-14(2)26-25-27(22(21)16-10-11-18(33-3)19(12-16)34-4)23(29)20(36-25)13-15-8-6-7-9-17(15)28(31)32/h6-13,22H,5H2,1-4H3/t22-/m1/s1. The Hall–Kier alpha value is -4.25. The van der Waals surface area contributed by atoms with Crippen LogP contribution in [0, 0.1) is 10.1 Å². The molecule has 186 valence electrons. The molecule has 0 spiro atoms. The van der Waals surface area contributed by atoms with Crippen molar-refractivity contribution in [2.75, 3.05) is 20.8 Å². The minimum absolute atomic E-state index is 0.122. The maximum Gasteiger partial charge on any atom is 0.338 e. The molecule has 11 heteroatoms. The molecule has 0 N–H and O–H groups in total. The lowest BCUT2D eigenvalue weighted by molar-refractivity contribution is -0.385. The van der Waals surface area contributed by atoms with E-state index >= 15 is 0 Å². The van der Waals surface area contributed by atoms with Crippen LogP contribution in [0.25, 0.3) is 6.08 Å². The van der Waals surface area contributed by atoms with Gasteiger partial charge in [0.15, 0.2) is 16.3 Å². The van der Waals surface area contributed by atoms with Crippen molar-refractivity contribution in [1.29, 1.82) is 0 Å². The Morgan fingerprint density at radius 1 is 1.19 bits per heavy atom. The first-order chi connectivity index (χ1) is 17.3. The highest BCUT2D eigenvalue weighted by Gasteiger charge is 2.34. The molecular formula is C25H23N3O7S. The molecule has 0 saturated heterocycles. The Morgan fingerprint density at radius 3 is 2.58 bits per heavy atom. The second kappa shape index (κ2) is 10.2. The number of carbonyl (C=O) groups excluding carboxylic acids is 1. The van der Waals surface area contributed by atoms with Crippen LogP contribution in [0.3, 0.4) is 0 Å². The monoisotopic (exact) mass is 509 g/mol. The number of hydrogen-bond acceptors (Lipinski definition) is 9. The zero-order valence-electron chi connectivity index (χ0n) is 20.0. The van der Waals surface area contributed by atoms with E-state index in [0.717, 1.165) is 11.3 Å². The first-order valence-electron chi connectivity index (χ1n) is 11.0. The zero-order chi connectivity index (χ0) is 26.0. The van der Waals surface area contributed by atoms with E-state index in [-0.39, 0.29) is 28.0 Å². The Bertz CT molecular complexity index is 1570. The summed E-state index contributed by atoms with van der Waals surface area (Å²) in [5.74, 6) is 0.324. The van der Waals surface area contributed by atoms with Crippen LogP contribution in [-0.4, -0.2) is 36.3 Å². The van der Waals surface area contributed by atoms with Gasteiger partial charge in [0.25, 0.3) is 11.2 Å². The quantitative estimate of drug-likeness (QED) is 0.273. The molecule has 1 atom stereocenters. The molecule has 4 rings (SSSR count). The van der Waals surface area contributed by atoms with E-state index in [1.807, 2.05) is 0 Å². The Kier molecular flexibility index (Phi) is 7.02. The van der Waals surface area contributed by atoms with Crippen LogP contribution in [0.15, 0.2) is 63.5 Å². The summed E-state index contributed by atoms with van der Waals surface area (Å²) in [6.45, 7) is 3.52. The molecule has 0 radical (unpaired) electrons. The molecule has 2 heterocycles. The molecular weight excluding hydrogens is 486 g/mol. The number of nitrogens with zero attached hydrogens (tertiary/aromatic N) is 3. The normalized spacial score (nSPS) is 15.2. The number of fused-ring (bicyclic) bond motifs is 1. The van der Waals surface area contributed by atoms with E-state index in [2.05, 4.69) is 4.99 Å². The molecule has 0 bridgehead atoms. The first-order valence-corrected chi connectivity index (χ1v) is 11.8. The molecule has 1 aliphatic rings. The summed E-state index contributed by atoms with van der Waals surface area (Å²) in [4.78, 5) is 42.5. The van der Waals surface area contributed by atoms with Gasteiger partial charge >= 0.3 is 5.97 Å². The molecule has 2 aromatic carbocycles. The summed E-state index contributed by atoms with van der Waals surface area (Å²) < 4.78 is 17.7. The molecule has 0 amide bonds. The van der Waals surface area contributed by atoms with E-state index in [1.165, 1.54) is 30.9 Å². The third-order valence-electron chi connectivity index (χ3n) is 5.66. The maximum atomic E-state index is 13.7. The smallest absolute Gasteiger partial charge is 0.338 e. The second-order valence-corrected chi connectivity index (χ2v) is 8.74. The number of aromatic nitrogens is 1. The lowest BCUT2D eigenvalue weighted by atomic mass is 9.95. The van der Waals surface area contributed by atoms with Crippen LogP contribution in [0.5, 0.6) is 11.5 Å². The number of methoxy groups -OCH3 is 2. The van der Waals surface area contributed by atoms with Gasteiger partial charge in [-0.3, -0.25) is 19.5 Å². The summed E-state index contributed by atoms with van der Waals surface area (Å²) >= 11 is 1.09. The predicted molar refractivity (Wildman–Crippen MR) is 133 cm³/mol. The summed E-state index contributed by atoms with van der Waals surface area (Å²) in [7, 11) is 3.00. The molecule has 0 aliphatic carbocycles. The SMILES string of the molecule is CCOC(=O)C1=C(C)N=c2sc(=Cc3ccccc3[N+](=O)[O-])c(=O)n2[C@@H]1c1ccc(OC)c(OC)c1. The number of nitro groups is 1. The van der Waals surface area contributed by atoms with Gasteiger partial charge in [-0.2, -0.15) is 0 Å². The fourth-order valence-corrected chi connectivity index (χ4v) is 5.08.